The lowest BCUT2D eigenvalue weighted by Gasteiger charge is -2.19. The lowest BCUT2D eigenvalue weighted by atomic mass is 9.92. The van der Waals surface area contributed by atoms with Gasteiger partial charge < -0.3 is 10.0 Å². The molecule has 2 atom stereocenters. The van der Waals surface area contributed by atoms with E-state index in [2.05, 4.69) is 36.6 Å². The van der Waals surface area contributed by atoms with Crippen molar-refractivity contribution >= 4 is 29.3 Å². The fraction of sp³-hybridized carbons (Fsp3) is 0.200. The molecule has 1 saturated carbocycles. The van der Waals surface area contributed by atoms with Crippen LogP contribution in [-0.2, 0) is 16.8 Å². The van der Waals surface area contributed by atoms with Crippen LogP contribution in [0.1, 0.15) is 39.4 Å². The van der Waals surface area contributed by atoms with Crippen LogP contribution in [0.5, 0.6) is 0 Å². The second-order valence-corrected chi connectivity index (χ2v) is 8.79. The Kier molecular flexibility index (Phi) is 4.44. The van der Waals surface area contributed by atoms with Crippen LogP contribution in [0, 0.1) is 0 Å². The Morgan fingerprint density at radius 2 is 1.87 bits per heavy atom. The van der Waals surface area contributed by atoms with Gasteiger partial charge in [-0.2, -0.15) is 0 Å². The van der Waals surface area contributed by atoms with E-state index < -0.39 is 11.4 Å². The van der Waals surface area contributed by atoms with Crippen LogP contribution in [0.3, 0.4) is 0 Å². The highest BCUT2D eigenvalue weighted by Crippen LogP contribution is 2.66. The van der Waals surface area contributed by atoms with Crippen LogP contribution in [0.15, 0.2) is 77.7 Å². The van der Waals surface area contributed by atoms with Crippen molar-refractivity contribution < 1.29 is 14.7 Å². The number of carbonyl (C=O) groups excluding carboxylic acids is 1. The molecule has 1 N–H and O–H groups in total. The van der Waals surface area contributed by atoms with Gasteiger partial charge in [-0.1, -0.05) is 42.5 Å². The Balaban J connectivity index is 1.49. The Morgan fingerprint density at radius 1 is 1.10 bits per heavy atom. The normalized spacial score (nSPS) is 21.7. The summed E-state index contributed by atoms with van der Waals surface area (Å²) in [4.78, 5) is 28.1. The average molecular weight is 416 g/mol. The zero-order chi connectivity index (χ0) is 20.9. The zero-order valence-corrected chi connectivity index (χ0v) is 17.4. The number of para-hydroxylation sites is 1. The molecule has 1 amide bonds. The van der Waals surface area contributed by atoms with Gasteiger partial charge in [0, 0.05) is 16.5 Å². The Hall–Kier alpha value is -3.05. The number of benzene rings is 3. The minimum atomic E-state index is -0.961. The van der Waals surface area contributed by atoms with Crippen LogP contribution in [-0.4, -0.2) is 23.2 Å². The number of carbonyl (C=O) groups is 2. The fourth-order valence-electron chi connectivity index (χ4n) is 4.73. The zero-order valence-electron chi connectivity index (χ0n) is 16.5. The second-order valence-electron chi connectivity index (χ2n) is 7.92. The van der Waals surface area contributed by atoms with Crippen molar-refractivity contribution in [3.05, 3.63) is 95.1 Å². The molecule has 1 spiro atoms. The molecule has 5 rings (SSSR count). The number of amides is 1. The minimum Gasteiger partial charge on any atom is -0.478 e. The summed E-state index contributed by atoms with van der Waals surface area (Å²) in [5.41, 5.74) is 3.78. The summed E-state index contributed by atoms with van der Waals surface area (Å²) in [6.45, 7) is 0.372. The van der Waals surface area contributed by atoms with E-state index in [0.717, 1.165) is 23.2 Å². The van der Waals surface area contributed by atoms with Gasteiger partial charge in [-0.3, -0.25) is 4.79 Å². The molecular weight excluding hydrogens is 394 g/mol. The van der Waals surface area contributed by atoms with E-state index in [1.807, 2.05) is 29.2 Å². The molecular formula is C25H21NO3S. The van der Waals surface area contributed by atoms with Gasteiger partial charge in [0.05, 0.1) is 17.5 Å². The maximum atomic E-state index is 13.7. The van der Waals surface area contributed by atoms with Crippen LogP contribution >= 0.6 is 11.8 Å². The van der Waals surface area contributed by atoms with Crippen LogP contribution in [0.25, 0.3) is 0 Å². The summed E-state index contributed by atoms with van der Waals surface area (Å²) in [5.74, 6) is -0.668. The number of hydrogen-bond donors (Lipinski definition) is 1. The molecule has 2 aliphatic rings. The number of aromatic carboxylic acids is 1. The third-order valence-electron chi connectivity index (χ3n) is 6.30. The van der Waals surface area contributed by atoms with Crippen molar-refractivity contribution in [3.8, 4) is 0 Å². The van der Waals surface area contributed by atoms with Gasteiger partial charge >= 0.3 is 5.97 Å². The third-order valence-corrected chi connectivity index (χ3v) is 7.04. The monoisotopic (exact) mass is 415 g/mol. The second kappa shape index (κ2) is 7.03. The van der Waals surface area contributed by atoms with E-state index in [1.165, 1.54) is 10.5 Å². The minimum absolute atomic E-state index is 0.114. The number of thioether (sulfide) groups is 1. The lowest BCUT2D eigenvalue weighted by molar-refractivity contribution is -0.120. The Bertz CT molecular complexity index is 1160. The molecule has 5 heteroatoms. The van der Waals surface area contributed by atoms with E-state index >= 15 is 0 Å². The van der Waals surface area contributed by atoms with Crippen molar-refractivity contribution in [2.45, 2.75) is 29.2 Å². The molecule has 1 aliphatic heterocycles. The maximum absolute atomic E-state index is 13.7. The van der Waals surface area contributed by atoms with Crippen molar-refractivity contribution in [1.82, 2.24) is 0 Å². The highest BCUT2D eigenvalue weighted by molar-refractivity contribution is 7.98. The SMILES string of the molecule is CSc1ccc(C2C[C@@]23C(=O)N(Cc2cccc(C(=O)O)c2)c2ccccc23)cc1. The van der Waals surface area contributed by atoms with Crippen LogP contribution in [0.2, 0.25) is 0 Å². The molecule has 4 nitrogen and oxygen atoms in total. The average Bonchev–Trinajstić information content (AvgIpc) is 3.49. The summed E-state index contributed by atoms with van der Waals surface area (Å²) in [7, 11) is 0. The quantitative estimate of drug-likeness (QED) is 0.591. The first-order chi connectivity index (χ1) is 14.5. The molecule has 1 fully saturated rings. The summed E-state index contributed by atoms with van der Waals surface area (Å²) < 4.78 is 0. The molecule has 3 aromatic rings. The number of carboxylic acid groups (broad SMARTS) is 1. The number of fused-ring (bicyclic) bond motifs is 2. The number of rotatable bonds is 5. The molecule has 0 aromatic heterocycles. The number of nitrogens with zero attached hydrogens (tertiary/aromatic N) is 1. The van der Waals surface area contributed by atoms with Gasteiger partial charge in [-0.25, -0.2) is 4.79 Å². The summed E-state index contributed by atoms with van der Waals surface area (Å²) in [6, 6.07) is 23.3. The lowest BCUT2D eigenvalue weighted by Crippen LogP contribution is -2.32. The Labute approximate surface area is 179 Å². The molecule has 0 radical (unpaired) electrons. The number of carboxylic acids is 1. The van der Waals surface area contributed by atoms with Crippen molar-refractivity contribution in [3.63, 3.8) is 0 Å². The van der Waals surface area contributed by atoms with Gasteiger partial charge in [0.25, 0.3) is 0 Å². The van der Waals surface area contributed by atoms with E-state index in [4.69, 9.17) is 0 Å². The smallest absolute Gasteiger partial charge is 0.335 e. The highest BCUT2D eigenvalue weighted by atomic mass is 32.2. The van der Waals surface area contributed by atoms with Gasteiger partial charge in [-0.15, -0.1) is 11.8 Å². The van der Waals surface area contributed by atoms with Gasteiger partial charge in [0.2, 0.25) is 5.91 Å². The van der Waals surface area contributed by atoms with E-state index in [1.54, 1.807) is 30.0 Å². The summed E-state index contributed by atoms with van der Waals surface area (Å²) >= 11 is 1.71. The summed E-state index contributed by atoms with van der Waals surface area (Å²) in [6.07, 6.45) is 2.87. The van der Waals surface area contributed by atoms with Crippen molar-refractivity contribution in [2.75, 3.05) is 11.2 Å². The first kappa shape index (κ1) is 18.9. The summed E-state index contributed by atoms with van der Waals surface area (Å²) in [5, 5.41) is 9.29. The predicted octanol–water partition coefficient (Wildman–Crippen LogP) is 5.08. The van der Waals surface area contributed by atoms with Gasteiger partial charge in [0.15, 0.2) is 0 Å². The number of anilines is 1. The Morgan fingerprint density at radius 3 is 2.60 bits per heavy atom. The first-order valence-electron chi connectivity index (χ1n) is 9.92. The van der Waals surface area contributed by atoms with Crippen LogP contribution < -0.4 is 4.90 Å². The van der Waals surface area contributed by atoms with Gasteiger partial charge in [0.1, 0.15) is 0 Å². The van der Waals surface area contributed by atoms with Crippen molar-refractivity contribution in [1.29, 1.82) is 0 Å². The topological polar surface area (TPSA) is 57.6 Å². The third kappa shape index (κ3) is 2.84. The number of hydrogen-bond acceptors (Lipinski definition) is 3. The predicted molar refractivity (Wildman–Crippen MR) is 118 cm³/mol. The standard InChI is InChI=1S/C25H21NO3S/c1-30-19-11-9-17(10-12-19)21-14-25(21)20-7-2-3-8-22(20)26(24(25)29)15-16-5-4-6-18(13-16)23(27)28/h2-13,21H,14-15H2,1H3,(H,27,28)/t21?,25-/m0/s1. The molecule has 150 valence electrons. The molecule has 3 aromatic carbocycles. The van der Waals surface area contributed by atoms with Crippen LogP contribution in [0.4, 0.5) is 5.69 Å². The highest BCUT2D eigenvalue weighted by Gasteiger charge is 2.66. The fourth-order valence-corrected chi connectivity index (χ4v) is 5.14. The largest absolute Gasteiger partial charge is 0.478 e. The molecule has 1 aliphatic carbocycles. The molecule has 1 unspecified atom stereocenters. The van der Waals surface area contributed by atoms with Gasteiger partial charge in [-0.05, 0) is 59.7 Å². The molecule has 1 heterocycles. The first-order valence-corrected chi connectivity index (χ1v) is 11.1. The molecule has 0 bridgehead atoms. The van der Waals surface area contributed by atoms with E-state index in [9.17, 15) is 14.7 Å². The molecule has 0 saturated heterocycles. The maximum Gasteiger partial charge on any atom is 0.335 e. The van der Waals surface area contributed by atoms with E-state index in [0.29, 0.717) is 6.54 Å². The van der Waals surface area contributed by atoms with E-state index in [-0.39, 0.29) is 17.4 Å². The molecule has 30 heavy (non-hydrogen) atoms. The van der Waals surface area contributed by atoms with Crippen molar-refractivity contribution in [2.24, 2.45) is 0 Å².